The summed E-state index contributed by atoms with van der Waals surface area (Å²) in [5.41, 5.74) is 12.3. The second-order valence-electron chi connectivity index (χ2n) is 14.9. The summed E-state index contributed by atoms with van der Waals surface area (Å²) in [6, 6.07) is 67.2. The third kappa shape index (κ3) is 4.33. The summed E-state index contributed by atoms with van der Waals surface area (Å²) in [7, 11) is 0. The number of rotatable bonds is 4. The van der Waals surface area contributed by atoms with E-state index in [0.717, 1.165) is 17.1 Å². The molecule has 1 aliphatic carbocycles. The molecule has 0 saturated heterocycles. The minimum absolute atomic E-state index is 0.0818. The van der Waals surface area contributed by atoms with Gasteiger partial charge < -0.3 is 9.47 Å². The Balaban J connectivity index is 1.15. The van der Waals surface area contributed by atoms with Gasteiger partial charge in [0.05, 0.1) is 11.0 Å². The van der Waals surface area contributed by atoms with Crippen molar-refractivity contribution in [3.8, 4) is 16.8 Å². The number of hydrogen-bond acceptors (Lipinski definition) is 1. The fourth-order valence-electron chi connectivity index (χ4n) is 9.27. The van der Waals surface area contributed by atoms with Crippen molar-refractivity contribution in [1.29, 1.82) is 0 Å². The molecule has 1 aliphatic rings. The monoisotopic (exact) mass is 676 g/mol. The molecule has 0 aliphatic heterocycles. The van der Waals surface area contributed by atoms with E-state index in [1.165, 1.54) is 82.1 Å². The van der Waals surface area contributed by atoms with Crippen LogP contribution < -0.4 is 4.90 Å². The van der Waals surface area contributed by atoms with E-state index in [1.807, 2.05) is 0 Å². The first-order valence-electron chi connectivity index (χ1n) is 18.5. The van der Waals surface area contributed by atoms with E-state index in [1.54, 1.807) is 0 Å². The molecule has 9 aromatic carbocycles. The summed E-state index contributed by atoms with van der Waals surface area (Å²) in [6.07, 6.45) is 0. The van der Waals surface area contributed by atoms with Crippen LogP contribution in [-0.2, 0) is 5.41 Å². The van der Waals surface area contributed by atoms with Gasteiger partial charge in [-0.15, -0.1) is 0 Å². The molecule has 2 heteroatoms. The SMILES string of the molecule is CC1(C)c2ccccc2-c2ccc(-n3c4ccccc4c4ccc(N(c5ccccc5)c5ccc6c7ccccc7c7ccccc7c6c5)cc43)cc21. The third-order valence-corrected chi connectivity index (χ3v) is 11.7. The maximum absolute atomic E-state index is 2.47. The molecule has 0 atom stereocenters. The zero-order chi connectivity index (χ0) is 35.3. The first-order valence-corrected chi connectivity index (χ1v) is 18.5. The summed E-state index contributed by atoms with van der Waals surface area (Å²) in [5.74, 6) is 0. The average Bonchev–Trinajstić information content (AvgIpc) is 3.66. The van der Waals surface area contributed by atoms with Gasteiger partial charge in [-0.05, 0) is 109 Å². The molecule has 1 aromatic heterocycles. The lowest BCUT2D eigenvalue weighted by molar-refractivity contribution is 0.660. The molecular formula is C51H36N2. The van der Waals surface area contributed by atoms with Crippen LogP contribution in [0.1, 0.15) is 25.0 Å². The van der Waals surface area contributed by atoms with Gasteiger partial charge >= 0.3 is 0 Å². The Labute approximate surface area is 308 Å². The van der Waals surface area contributed by atoms with E-state index >= 15 is 0 Å². The van der Waals surface area contributed by atoms with Crippen LogP contribution in [0.5, 0.6) is 0 Å². The van der Waals surface area contributed by atoms with Crippen LogP contribution in [0, 0.1) is 0 Å². The van der Waals surface area contributed by atoms with Gasteiger partial charge in [0.25, 0.3) is 0 Å². The van der Waals surface area contributed by atoms with Gasteiger partial charge in [0.15, 0.2) is 0 Å². The van der Waals surface area contributed by atoms with E-state index in [2.05, 4.69) is 205 Å². The Kier molecular flexibility index (Phi) is 6.33. The van der Waals surface area contributed by atoms with Crippen LogP contribution in [-0.4, -0.2) is 4.57 Å². The Hall–Kier alpha value is -6.64. The Morgan fingerprint density at radius 2 is 0.887 bits per heavy atom. The Bertz CT molecular complexity index is 3060. The van der Waals surface area contributed by atoms with Crippen LogP contribution in [0.3, 0.4) is 0 Å². The molecule has 0 spiro atoms. The number of benzene rings is 9. The molecule has 0 unspecified atom stereocenters. The maximum Gasteiger partial charge on any atom is 0.0561 e. The summed E-state index contributed by atoms with van der Waals surface area (Å²) in [6.45, 7) is 4.72. The normalized spacial score (nSPS) is 13.2. The number of aromatic nitrogens is 1. The number of nitrogens with zero attached hydrogens (tertiary/aromatic N) is 2. The van der Waals surface area contributed by atoms with Crippen molar-refractivity contribution in [3.05, 3.63) is 193 Å². The van der Waals surface area contributed by atoms with E-state index in [9.17, 15) is 0 Å². The zero-order valence-electron chi connectivity index (χ0n) is 29.7. The van der Waals surface area contributed by atoms with Crippen molar-refractivity contribution in [1.82, 2.24) is 4.57 Å². The van der Waals surface area contributed by atoms with Gasteiger partial charge in [-0.1, -0.05) is 141 Å². The average molecular weight is 677 g/mol. The molecule has 1 heterocycles. The number of fused-ring (bicyclic) bond motifs is 12. The van der Waals surface area contributed by atoms with E-state index in [4.69, 9.17) is 0 Å². The van der Waals surface area contributed by atoms with Crippen LogP contribution in [0.2, 0.25) is 0 Å². The van der Waals surface area contributed by atoms with Crippen molar-refractivity contribution in [2.75, 3.05) is 4.90 Å². The molecule has 0 radical (unpaired) electrons. The maximum atomic E-state index is 2.47. The fraction of sp³-hybridized carbons (Fsp3) is 0.0588. The number of para-hydroxylation sites is 2. The van der Waals surface area contributed by atoms with Crippen molar-refractivity contribution in [2.24, 2.45) is 0 Å². The van der Waals surface area contributed by atoms with Crippen molar-refractivity contribution in [3.63, 3.8) is 0 Å². The highest BCUT2D eigenvalue weighted by molar-refractivity contribution is 6.26. The summed E-state index contributed by atoms with van der Waals surface area (Å²) >= 11 is 0. The molecule has 2 nitrogen and oxygen atoms in total. The standard InChI is InChI=1S/C51H36N2/c1-51(2)47-22-12-10-20-42(47)43-28-25-35(31-48(43)51)53-49-23-13-11-21-44(49)45-29-26-36(32-50(45)53)52(33-14-4-3-5-15-33)34-24-27-41-39-18-7-6-16-37(39)38-17-8-9-19-40(38)46(41)30-34/h3-32H,1-2H3. The van der Waals surface area contributed by atoms with Crippen molar-refractivity contribution >= 4 is 71.2 Å². The molecule has 10 aromatic rings. The van der Waals surface area contributed by atoms with Crippen molar-refractivity contribution in [2.45, 2.75) is 19.3 Å². The second kappa shape index (κ2) is 11.2. The van der Waals surface area contributed by atoms with Crippen LogP contribution >= 0.6 is 0 Å². The second-order valence-corrected chi connectivity index (χ2v) is 14.9. The van der Waals surface area contributed by atoms with Gasteiger partial charge in [-0.25, -0.2) is 0 Å². The van der Waals surface area contributed by atoms with E-state index < -0.39 is 0 Å². The van der Waals surface area contributed by atoms with E-state index in [0.29, 0.717) is 0 Å². The summed E-state index contributed by atoms with van der Waals surface area (Å²) < 4.78 is 2.47. The van der Waals surface area contributed by atoms with Crippen LogP contribution in [0.15, 0.2) is 182 Å². The highest BCUT2D eigenvalue weighted by atomic mass is 15.1. The Morgan fingerprint density at radius 1 is 0.358 bits per heavy atom. The molecule has 0 amide bonds. The first-order chi connectivity index (χ1) is 26.1. The molecule has 53 heavy (non-hydrogen) atoms. The molecule has 0 fully saturated rings. The van der Waals surface area contributed by atoms with Crippen LogP contribution in [0.4, 0.5) is 17.1 Å². The smallest absolute Gasteiger partial charge is 0.0561 e. The lowest BCUT2D eigenvalue weighted by Gasteiger charge is -2.26. The fourth-order valence-corrected chi connectivity index (χ4v) is 9.27. The summed E-state index contributed by atoms with van der Waals surface area (Å²) in [4.78, 5) is 2.41. The molecule has 0 N–H and O–H groups in total. The molecule has 11 rings (SSSR count). The van der Waals surface area contributed by atoms with Crippen LogP contribution in [0.25, 0.3) is 70.9 Å². The lowest BCUT2D eigenvalue weighted by Crippen LogP contribution is -2.15. The van der Waals surface area contributed by atoms with Gasteiger partial charge in [-0.2, -0.15) is 0 Å². The highest BCUT2D eigenvalue weighted by Gasteiger charge is 2.35. The molecule has 250 valence electrons. The zero-order valence-corrected chi connectivity index (χ0v) is 29.7. The van der Waals surface area contributed by atoms with Gasteiger partial charge in [0.1, 0.15) is 0 Å². The largest absolute Gasteiger partial charge is 0.310 e. The summed E-state index contributed by atoms with van der Waals surface area (Å²) in [5, 5.41) is 10.2. The van der Waals surface area contributed by atoms with E-state index in [-0.39, 0.29) is 5.41 Å². The van der Waals surface area contributed by atoms with Gasteiger partial charge in [0.2, 0.25) is 0 Å². The minimum Gasteiger partial charge on any atom is -0.310 e. The third-order valence-electron chi connectivity index (χ3n) is 11.7. The predicted molar refractivity (Wildman–Crippen MR) is 226 cm³/mol. The number of hydrogen-bond donors (Lipinski definition) is 0. The first kappa shape index (κ1) is 30.0. The van der Waals surface area contributed by atoms with Crippen molar-refractivity contribution < 1.29 is 0 Å². The van der Waals surface area contributed by atoms with Gasteiger partial charge in [0, 0.05) is 38.9 Å². The van der Waals surface area contributed by atoms with Gasteiger partial charge in [-0.3, -0.25) is 0 Å². The predicted octanol–water partition coefficient (Wildman–Crippen LogP) is 14.0. The lowest BCUT2D eigenvalue weighted by atomic mass is 9.82. The molecule has 0 bridgehead atoms. The highest BCUT2D eigenvalue weighted by Crippen LogP contribution is 2.50. The molecular weight excluding hydrogens is 641 g/mol. The molecule has 0 saturated carbocycles. The topological polar surface area (TPSA) is 8.17 Å². The Morgan fingerprint density at radius 3 is 1.62 bits per heavy atom. The minimum atomic E-state index is -0.0818. The quantitative estimate of drug-likeness (QED) is 0.168. The number of anilines is 3.